The maximum absolute atomic E-state index is 12.5. The van der Waals surface area contributed by atoms with Crippen LogP contribution in [0, 0.1) is 11.3 Å². The van der Waals surface area contributed by atoms with Gasteiger partial charge in [0.05, 0.1) is 18.2 Å². The summed E-state index contributed by atoms with van der Waals surface area (Å²) in [6.45, 7) is -0.761. The molecule has 0 aromatic heterocycles. The van der Waals surface area contributed by atoms with Crippen molar-refractivity contribution in [1.29, 1.82) is 5.26 Å². The first-order chi connectivity index (χ1) is 8.89. The molecule has 0 unspecified atom stereocenters. The molecule has 2 nitrogen and oxygen atoms in total. The quantitative estimate of drug-likeness (QED) is 0.844. The molecule has 1 aromatic rings. The Morgan fingerprint density at radius 2 is 2.05 bits per heavy atom. The summed E-state index contributed by atoms with van der Waals surface area (Å²) < 4.78 is 37.5. The van der Waals surface area contributed by atoms with Crippen LogP contribution in [0.4, 0.5) is 13.2 Å². The zero-order chi connectivity index (χ0) is 14.0. The normalized spacial score (nSPS) is 15.6. The number of nitrogens with zero attached hydrogens (tertiary/aromatic N) is 2. The van der Waals surface area contributed by atoms with Gasteiger partial charge in [-0.3, -0.25) is 4.90 Å². The van der Waals surface area contributed by atoms with E-state index in [0.717, 1.165) is 12.8 Å². The van der Waals surface area contributed by atoms with E-state index in [0.29, 0.717) is 16.1 Å². The van der Waals surface area contributed by atoms with E-state index >= 15 is 0 Å². The van der Waals surface area contributed by atoms with E-state index in [1.807, 2.05) is 6.07 Å². The summed E-state index contributed by atoms with van der Waals surface area (Å²) >= 11 is 5.99. The molecule has 0 aliphatic heterocycles. The fourth-order valence-corrected chi connectivity index (χ4v) is 2.19. The van der Waals surface area contributed by atoms with Crippen molar-refractivity contribution in [3.8, 4) is 6.07 Å². The number of halogens is 4. The summed E-state index contributed by atoms with van der Waals surface area (Å²) in [5, 5.41) is 9.06. The second-order valence-electron chi connectivity index (χ2n) is 4.67. The van der Waals surface area contributed by atoms with E-state index in [2.05, 4.69) is 0 Å². The Balaban J connectivity index is 2.11. The predicted molar refractivity (Wildman–Crippen MR) is 65.7 cm³/mol. The standard InChI is InChI=1S/C13H12ClF3N2/c14-12-5-9(6-18)1-2-10(12)7-19(11-3-4-11)8-13(15,16)17/h1-2,5,11H,3-4,7-8H2. The first-order valence-electron chi connectivity index (χ1n) is 5.88. The monoisotopic (exact) mass is 288 g/mol. The maximum atomic E-state index is 12.5. The highest BCUT2D eigenvalue weighted by molar-refractivity contribution is 6.31. The molecule has 0 radical (unpaired) electrons. The minimum absolute atomic E-state index is 0.00617. The van der Waals surface area contributed by atoms with Gasteiger partial charge in [-0.2, -0.15) is 18.4 Å². The van der Waals surface area contributed by atoms with Gasteiger partial charge in [0.1, 0.15) is 0 Å². The molecule has 0 amide bonds. The van der Waals surface area contributed by atoms with E-state index in [1.165, 1.54) is 11.0 Å². The third-order valence-electron chi connectivity index (χ3n) is 3.00. The summed E-state index contributed by atoms with van der Waals surface area (Å²) in [7, 11) is 0. The van der Waals surface area contributed by atoms with Crippen molar-refractivity contribution in [2.45, 2.75) is 31.6 Å². The number of hydrogen-bond donors (Lipinski definition) is 0. The van der Waals surface area contributed by atoms with Crippen molar-refractivity contribution >= 4 is 11.6 Å². The molecule has 0 N–H and O–H groups in total. The molecule has 2 rings (SSSR count). The van der Waals surface area contributed by atoms with Gasteiger partial charge in [0.25, 0.3) is 0 Å². The molecule has 0 bridgehead atoms. The van der Waals surface area contributed by atoms with Crippen LogP contribution in [0.5, 0.6) is 0 Å². The second kappa shape index (κ2) is 5.40. The Morgan fingerprint density at radius 3 is 2.53 bits per heavy atom. The van der Waals surface area contributed by atoms with E-state index in [1.54, 1.807) is 12.1 Å². The van der Waals surface area contributed by atoms with Gasteiger partial charge in [0.2, 0.25) is 0 Å². The largest absolute Gasteiger partial charge is 0.401 e. The molecule has 6 heteroatoms. The zero-order valence-corrected chi connectivity index (χ0v) is 10.8. The van der Waals surface area contributed by atoms with E-state index < -0.39 is 12.7 Å². The van der Waals surface area contributed by atoms with Crippen molar-refractivity contribution in [3.05, 3.63) is 34.3 Å². The van der Waals surface area contributed by atoms with E-state index in [9.17, 15) is 13.2 Å². The van der Waals surface area contributed by atoms with Crippen LogP contribution >= 0.6 is 11.6 Å². The smallest absolute Gasteiger partial charge is 0.288 e. The van der Waals surface area contributed by atoms with E-state index in [-0.39, 0.29) is 12.6 Å². The molecule has 1 saturated carbocycles. The van der Waals surface area contributed by atoms with Gasteiger partial charge in [-0.1, -0.05) is 17.7 Å². The van der Waals surface area contributed by atoms with Crippen LogP contribution in [0.2, 0.25) is 5.02 Å². The topological polar surface area (TPSA) is 27.0 Å². The van der Waals surface area contributed by atoms with Gasteiger partial charge in [-0.25, -0.2) is 0 Å². The summed E-state index contributed by atoms with van der Waals surface area (Å²) in [4.78, 5) is 1.40. The van der Waals surface area contributed by atoms with Crippen LogP contribution in [0.15, 0.2) is 18.2 Å². The lowest BCUT2D eigenvalue weighted by Crippen LogP contribution is -2.35. The molecule has 1 aliphatic rings. The molecule has 1 aliphatic carbocycles. The highest BCUT2D eigenvalue weighted by Gasteiger charge is 2.38. The lowest BCUT2D eigenvalue weighted by molar-refractivity contribution is -0.148. The fourth-order valence-electron chi connectivity index (χ4n) is 1.95. The molecular formula is C13H12ClF3N2. The average Bonchev–Trinajstić information content (AvgIpc) is 3.12. The number of alkyl halides is 3. The predicted octanol–water partition coefficient (Wildman–Crippen LogP) is 3.74. The number of nitriles is 1. The van der Waals surface area contributed by atoms with Crippen molar-refractivity contribution < 1.29 is 13.2 Å². The first kappa shape index (κ1) is 14.2. The third kappa shape index (κ3) is 4.12. The summed E-state index contributed by atoms with van der Waals surface area (Å²) in [6, 6.07) is 6.61. The van der Waals surface area contributed by atoms with E-state index in [4.69, 9.17) is 16.9 Å². The van der Waals surface area contributed by atoms with Crippen molar-refractivity contribution in [1.82, 2.24) is 4.90 Å². The van der Waals surface area contributed by atoms with Crippen LogP contribution in [0.3, 0.4) is 0 Å². The van der Waals surface area contributed by atoms with Crippen LogP contribution in [-0.2, 0) is 6.54 Å². The lowest BCUT2D eigenvalue weighted by Gasteiger charge is -2.23. The van der Waals surface area contributed by atoms with Gasteiger partial charge in [0.15, 0.2) is 0 Å². The maximum Gasteiger partial charge on any atom is 0.401 e. The Kier molecular flexibility index (Phi) is 4.02. The Labute approximate surface area is 114 Å². The van der Waals surface area contributed by atoms with Crippen molar-refractivity contribution in [2.75, 3.05) is 6.54 Å². The van der Waals surface area contributed by atoms with Crippen LogP contribution in [0.25, 0.3) is 0 Å². The first-order valence-corrected chi connectivity index (χ1v) is 6.26. The Hall–Kier alpha value is -1.25. The fraction of sp³-hybridized carbons (Fsp3) is 0.462. The molecular weight excluding hydrogens is 277 g/mol. The van der Waals surface area contributed by atoms with Gasteiger partial charge in [0, 0.05) is 17.6 Å². The minimum atomic E-state index is -4.21. The highest BCUT2D eigenvalue weighted by atomic mass is 35.5. The van der Waals surface area contributed by atoms with Crippen molar-refractivity contribution in [2.24, 2.45) is 0 Å². The van der Waals surface area contributed by atoms with Gasteiger partial charge in [-0.05, 0) is 30.5 Å². The van der Waals surface area contributed by atoms with Crippen molar-refractivity contribution in [3.63, 3.8) is 0 Å². The van der Waals surface area contributed by atoms with Gasteiger partial charge < -0.3 is 0 Å². The minimum Gasteiger partial charge on any atom is -0.288 e. The summed E-state index contributed by atoms with van der Waals surface area (Å²) in [5.41, 5.74) is 1.03. The van der Waals surface area contributed by atoms with Crippen LogP contribution in [-0.4, -0.2) is 23.7 Å². The average molecular weight is 289 g/mol. The summed E-state index contributed by atoms with van der Waals surface area (Å²) in [6.07, 6.45) is -2.62. The molecule has 0 atom stereocenters. The number of rotatable bonds is 4. The van der Waals surface area contributed by atoms with Gasteiger partial charge in [-0.15, -0.1) is 0 Å². The van der Waals surface area contributed by atoms with Gasteiger partial charge >= 0.3 is 6.18 Å². The number of hydrogen-bond acceptors (Lipinski definition) is 2. The number of benzene rings is 1. The Bertz CT molecular complexity index is 504. The molecule has 19 heavy (non-hydrogen) atoms. The Morgan fingerprint density at radius 1 is 1.37 bits per heavy atom. The molecule has 1 aromatic carbocycles. The highest BCUT2D eigenvalue weighted by Crippen LogP contribution is 2.32. The lowest BCUT2D eigenvalue weighted by atomic mass is 10.1. The second-order valence-corrected chi connectivity index (χ2v) is 5.08. The molecule has 1 fully saturated rings. The van der Waals surface area contributed by atoms with Crippen LogP contribution < -0.4 is 0 Å². The zero-order valence-electron chi connectivity index (χ0n) is 10.0. The molecule has 0 saturated heterocycles. The third-order valence-corrected chi connectivity index (χ3v) is 3.35. The molecule has 0 heterocycles. The molecule has 102 valence electrons. The van der Waals surface area contributed by atoms with Crippen LogP contribution in [0.1, 0.15) is 24.0 Å². The SMILES string of the molecule is N#Cc1ccc(CN(CC(F)(F)F)C2CC2)c(Cl)c1. The summed E-state index contributed by atoms with van der Waals surface area (Å²) in [5.74, 6) is 0. The molecule has 0 spiro atoms.